The van der Waals surface area contributed by atoms with Gasteiger partial charge >= 0.3 is 17.9 Å². The Morgan fingerprint density at radius 3 is 2.00 bits per heavy atom. The van der Waals surface area contributed by atoms with Gasteiger partial charge in [-0.25, -0.2) is 0 Å². The Hall–Kier alpha value is -2.64. The molecule has 1 N–H and O–H groups in total. The van der Waals surface area contributed by atoms with Gasteiger partial charge in [-0.15, -0.1) is 12.3 Å². The zero-order valence-electron chi connectivity index (χ0n) is 20.5. The molecule has 1 amide bonds. The number of amides is 1. The van der Waals surface area contributed by atoms with E-state index in [0.717, 1.165) is 44.9 Å². The van der Waals surface area contributed by atoms with Crippen molar-refractivity contribution in [2.24, 2.45) is 0 Å². The van der Waals surface area contributed by atoms with Gasteiger partial charge in [0.2, 0.25) is 5.91 Å². The molecule has 5 atom stereocenters. The molecule has 34 heavy (non-hydrogen) atoms. The van der Waals surface area contributed by atoms with E-state index >= 15 is 0 Å². The van der Waals surface area contributed by atoms with Crippen LogP contribution in [0.1, 0.15) is 72.6 Å². The highest BCUT2D eigenvalue weighted by atomic mass is 16.7. The number of nitrogens with one attached hydrogen (secondary N) is 1. The minimum absolute atomic E-state index is 0.255. The molecule has 0 bridgehead atoms. The van der Waals surface area contributed by atoms with Crippen molar-refractivity contribution in [3.05, 3.63) is 0 Å². The van der Waals surface area contributed by atoms with Crippen molar-refractivity contribution in [2.45, 2.75) is 103 Å². The molecular weight excluding hydrogens is 446 g/mol. The standard InChI is InChI=1S/C24H37NO9/c1-6-7-8-9-10-11-12-13-14-30-24-21(25-16(2)26)23(33-19(5)29)22(32-18(4)28)20(34-24)15-31-17(3)27/h1,20-24H,7-15H2,2-5H3,(H,25,26). The molecule has 0 radical (unpaired) electrons. The van der Waals surface area contributed by atoms with Crippen LogP contribution >= 0.6 is 0 Å². The molecular formula is C24H37NO9. The number of hydrogen-bond donors (Lipinski definition) is 1. The Bertz CT molecular complexity index is 718. The summed E-state index contributed by atoms with van der Waals surface area (Å²) in [5.74, 6) is 0.366. The maximum absolute atomic E-state index is 11.9. The number of hydrogen-bond acceptors (Lipinski definition) is 9. The van der Waals surface area contributed by atoms with Gasteiger partial charge < -0.3 is 29.0 Å². The van der Waals surface area contributed by atoms with Crippen LogP contribution < -0.4 is 5.32 Å². The molecule has 0 aromatic rings. The molecule has 0 aliphatic carbocycles. The minimum atomic E-state index is -1.12. The fourth-order valence-corrected chi connectivity index (χ4v) is 3.67. The van der Waals surface area contributed by atoms with Crippen molar-refractivity contribution in [1.82, 2.24) is 5.32 Å². The molecule has 1 heterocycles. The van der Waals surface area contributed by atoms with Crippen LogP contribution in [-0.2, 0) is 42.9 Å². The van der Waals surface area contributed by atoms with E-state index in [9.17, 15) is 19.2 Å². The Morgan fingerprint density at radius 2 is 1.44 bits per heavy atom. The first-order valence-corrected chi connectivity index (χ1v) is 11.6. The lowest BCUT2D eigenvalue weighted by Crippen LogP contribution is -2.66. The van der Waals surface area contributed by atoms with Crippen LogP contribution in [-0.4, -0.2) is 67.7 Å². The summed E-state index contributed by atoms with van der Waals surface area (Å²) >= 11 is 0. The summed E-state index contributed by atoms with van der Waals surface area (Å²) in [5.41, 5.74) is 0. The molecule has 1 aliphatic heterocycles. The summed E-state index contributed by atoms with van der Waals surface area (Å²) in [5, 5.41) is 2.68. The van der Waals surface area contributed by atoms with Crippen LogP contribution in [0.2, 0.25) is 0 Å². The maximum Gasteiger partial charge on any atom is 0.303 e. The number of carbonyl (C=O) groups is 4. The predicted octanol–water partition coefficient (Wildman–Crippen LogP) is 2.02. The normalized spacial score (nSPS) is 23.9. The largest absolute Gasteiger partial charge is 0.463 e. The van der Waals surface area contributed by atoms with Crippen molar-refractivity contribution in [3.8, 4) is 12.3 Å². The summed E-state index contributed by atoms with van der Waals surface area (Å²) in [4.78, 5) is 46.8. The SMILES string of the molecule is C#CCCCCCCCCOC1OC(COC(C)=O)C(OC(C)=O)C(OC(C)=O)C1NC(C)=O. The summed E-state index contributed by atoms with van der Waals surface area (Å²) < 4.78 is 27.7. The van der Waals surface area contributed by atoms with Gasteiger partial charge in [0.05, 0.1) is 0 Å². The van der Waals surface area contributed by atoms with Gasteiger partial charge in [-0.3, -0.25) is 19.2 Å². The van der Waals surface area contributed by atoms with E-state index in [4.69, 9.17) is 30.1 Å². The molecule has 0 saturated carbocycles. The van der Waals surface area contributed by atoms with Crippen molar-refractivity contribution in [3.63, 3.8) is 0 Å². The summed E-state index contributed by atoms with van der Waals surface area (Å²) in [6.45, 7) is 5.00. The molecule has 0 aromatic heterocycles. The summed E-state index contributed by atoms with van der Waals surface area (Å²) in [6.07, 6.45) is 7.73. The molecule has 0 aromatic carbocycles. The molecule has 5 unspecified atom stereocenters. The highest BCUT2D eigenvalue weighted by molar-refractivity contribution is 5.73. The molecule has 10 nitrogen and oxygen atoms in total. The smallest absolute Gasteiger partial charge is 0.303 e. The average molecular weight is 484 g/mol. The third-order valence-electron chi connectivity index (χ3n) is 5.07. The van der Waals surface area contributed by atoms with Crippen LogP contribution in [0.5, 0.6) is 0 Å². The van der Waals surface area contributed by atoms with Crippen LogP contribution in [0.15, 0.2) is 0 Å². The number of rotatable bonds is 14. The van der Waals surface area contributed by atoms with E-state index in [-0.39, 0.29) is 6.61 Å². The maximum atomic E-state index is 11.9. The Balaban J connectivity index is 2.90. The highest BCUT2D eigenvalue weighted by Crippen LogP contribution is 2.28. The fourth-order valence-electron chi connectivity index (χ4n) is 3.67. The Morgan fingerprint density at radius 1 is 0.853 bits per heavy atom. The predicted molar refractivity (Wildman–Crippen MR) is 121 cm³/mol. The summed E-state index contributed by atoms with van der Waals surface area (Å²) in [7, 11) is 0. The number of esters is 3. The van der Waals surface area contributed by atoms with Crippen LogP contribution in [0.4, 0.5) is 0 Å². The van der Waals surface area contributed by atoms with Gasteiger partial charge in [0.1, 0.15) is 18.8 Å². The zero-order chi connectivity index (χ0) is 25.5. The van der Waals surface area contributed by atoms with Gasteiger partial charge in [0.25, 0.3) is 0 Å². The van der Waals surface area contributed by atoms with E-state index in [1.807, 2.05) is 0 Å². The van der Waals surface area contributed by atoms with Gasteiger partial charge in [0.15, 0.2) is 18.5 Å². The topological polar surface area (TPSA) is 126 Å². The van der Waals surface area contributed by atoms with Crippen molar-refractivity contribution in [2.75, 3.05) is 13.2 Å². The van der Waals surface area contributed by atoms with E-state index in [1.54, 1.807) is 0 Å². The second kappa shape index (κ2) is 16.1. The second-order valence-electron chi connectivity index (χ2n) is 8.17. The molecule has 1 aliphatic rings. The van der Waals surface area contributed by atoms with Crippen LogP contribution in [0.25, 0.3) is 0 Å². The van der Waals surface area contributed by atoms with Gasteiger partial charge in [-0.2, -0.15) is 0 Å². The van der Waals surface area contributed by atoms with Crippen LogP contribution in [0.3, 0.4) is 0 Å². The minimum Gasteiger partial charge on any atom is -0.463 e. The van der Waals surface area contributed by atoms with Crippen LogP contribution in [0, 0.1) is 12.3 Å². The van der Waals surface area contributed by atoms with Crippen molar-refractivity contribution >= 4 is 23.8 Å². The highest BCUT2D eigenvalue weighted by Gasteiger charge is 2.51. The number of ether oxygens (including phenoxy) is 5. The average Bonchev–Trinajstić information content (AvgIpc) is 2.74. The third kappa shape index (κ3) is 11.5. The number of terminal acetylenes is 1. The lowest BCUT2D eigenvalue weighted by molar-refractivity contribution is -0.277. The van der Waals surface area contributed by atoms with E-state index < -0.39 is 54.5 Å². The lowest BCUT2D eigenvalue weighted by Gasteiger charge is -2.44. The van der Waals surface area contributed by atoms with Gasteiger partial charge in [-0.05, 0) is 12.8 Å². The Kier molecular flexibility index (Phi) is 13.9. The third-order valence-corrected chi connectivity index (χ3v) is 5.07. The van der Waals surface area contributed by atoms with E-state index in [1.165, 1.54) is 27.7 Å². The zero-order valence-corrected chi connectivity index (χ0v) is 20.5. The first kappa shape index (κ1) is 29.4. The monoisotopic (exact) mass is 483 g/mol. The van der Waals surface area contributed by atoms with Gasteiger partial charge in [0, 0.05) is 40.7 Å². The lowest BCUT2D eigenvalue weighted by atomic mass is 9.96. The van der Waals surface area contributed by atoms with Crippen molar-refractivity contribution < 1.29 is 42.9 Å². The first-order valence-electron chi connectivity index (χ1n) is 11.6. The van der Waals surface area contributed by atoms with Gasteiger partial charge in [-0.1, -0.05) is 25.7 Å². The number of unbranched alkanes of at least 4 members (excludes halogenated alkanes) is 6. The van der Waals surface area contributed by atoms with Crippen molar-refractivity contribution in [1.29, 1.82) is 0 Å². The number of carbonyl (C=O) groups excluding carboxylic acids is 4. The summed E-state index contributed by atoms with van der Waals surface area (Å²) in [6, 6.07) is -0.942. The van der Waals surface area contributed by atoms with E-state index in [0.29, 0.717) is 6.61 Å². The molecule has 192 valence electrons. The second-order valence-corrected chi connectivity index (χ2v) is 8.17. The molecule has 10 heteroatoms. The molecule has 1 rings (SSSR count). The quantitative estimate of drug-likeness (QED) is 0.171. The first-order chi connectivity index (χ1) is 16.1. The fraction of sp³-hybridized carbons (Fsp3) is 0.750. The molecule has 1 saturated heterocycles. The molecule has 0 spiro atoms. The molecule has 1 fully saturated rings. The Labute approximate surface area is 201 Å². The van der Waals surface area contributed by atoms with E-state index in [2.05, 4.69) is 11.2 Å².